The zero-order valence-corrected chi connectivity index (χ0v) is 14.2. The summed E-state index contributed by atoms with van der Waals surface area (Å²) in [6, 6.07) is 25.6. The molecular weight excluding hydrogens is 328 g/mol. The van der Waals surface area contributed by atoms with E-state index in [2.05, 4.69) is 30.3 Å². The van der Waals surface area contributed by atoms with Crippen molar-refractivity contribution in [1.29, 1.82) is 0 Å². The number of carbonyl (C=O) groups excluding carboxylic acids is 1. The van der Waals surface area contributed by atoms with E-state index in [0.29, 0.717) is 10.6 Å². The van der Waals surface area contributed by atoms with Gasteiger partial charge in [-0.05, 0) is 69.6 Å². The summed E-state index contributed by atoms with van der Waals surface area (Å²) >= 11 is 5.89. The smallest absolute Gasteiger partial charge is 0.185 e. The molecule has 0 aliphatic carbocycles. The minimum Gasteiger partial charge on any atom is -0.289 e. The van der Waals surface area contributed by atoms with Gasteiger partial charge in [-0.1, -0.05) is 60.1 Å². The molecule has 0 amide bonds. The largest absolute Gasteiger partial charge is 0.289 e. The van der Waals surface area contributed by atoms with Crippen molar-refractivity contribution in [2.45, 2.75) is 0 Å². The molecule has 0 aromatic heterocycles. The first-order valence-corrected chi connectivity index (χ1v) is 8.49. The summed E-state index contributed by atoms with van der Waals surface area (Å²) in [5, 5.41) is 5.24. The molecule has 4 aromatic rings. The number of hydrogen-bond acceptors (Lipinski definition) is 1. The van der Waals surface area contributed by atoms with Crippen molar-refractivity contribution >= 4 is 45.0 Å². The van der Waals surface area contributed by atoms with E-state index < -0.39 is 0 Å². The summed E-state index contributed by atoms with van der Waals surface area (Å²) in [5.41, 5.74) is 1.70. The minimum atomic E-state index is -0.0336. The summed E-state index contributed by atoms with van der Waals surface area (Å²) in [4.78, 5) is 12.5. The van der Waals surface area contributed by atoms with Crippen molar-refractivity contribution in [1.82, 2.24) is 0 Å². The van der Waals surface area contributed by atoms with Gasteiger partial charge in [0.15, 0.2) is 5.78 Å². The third kappa shape index (κ3) is 3.07. The van der Waals surface area contributed by atoms with Crippen molar-refractivity contribution in [3.8, 4) is 0 Å². The lowest BCUT2D eigenvalue weighted by Gasteiger charge is -2.08. The molecule has 0 radical (unpaired) electrons. The van der Waals surface area contributed by atoms with Crippen molar-refractivity contribution in [3.05, 3.63) is 101 Å². The molecule has 0 fully saturated rings. The van der Waals surface area contributed by atoms with E-state index in [1.54, 1.807) is 30.3 Å². The van der Waals surface area contributed by atoms with Crippen LogP contribution in [0.25, 0.3) is 27.6 Å². The molecule has 0 unspecified atom stereocenters. The van der Waals surface area contributed by atoms with Gasteiger partial charge in [-0.3, -0.25) is 4.79 Å². The number of carbonyl (C=O) groups is 1. The highest BCUT2D eigenvalue weighted by atomic mass is 35.5. The minimum absolute atomic E-state index is 0.0336. The van der Waals surface area contributed by atoms with Gasteiger partial charge in [-0.15, -0.1) is 0 Å². The molecule has 0 heterocycles. The first kappa shape index (κ1) is 15.6. The van der Waals surface area contributed by atoms with E-state index in [9.17, 15) is 4.79 Å². The van der Waals surface area contributed by atoms with Gasteiger partial charge in [0.2, 0.25) is 0 Å². The standard InChI is InChI=1S/C23H15ClO/c24-19-11-9-16(10-12-19)23(25)14-13-22-20-7-3-1-5-17(20)15-18-6-2-4-8-21(18)22/h1-15H/b14-13+. The lowest BCUT2D eigenvalue weighted by Crippen LogP contribution is -1.93. The molecule has 4 aromatic carbocycles. The van der Waals surface area contributed by atoms with Crippen LogP contribution in [0.2, 0.25) is 5.02 Å². The molecule has 4 rings (SSSR count). The van der Waals surface area contributed by atoms with Crippen molar-refractivity contribution < 1.29 is 4.79 Å². The lowest BCUT2D eigenvalue weighted by atomic mass is 9.96. The summed E-state index contributed by atoms with van der Waals surface area (Å²) < 4.78 is 0. The molecule has 0 aliphatic rings. The molecule has 0 N–H and O–H groups in total. The second-order valence-corrected chi connectivity index (χ2v) is 6.37. The van der Waals surface area contributed by atoms with Crippen LogP contribution >= 0.6 is 11.6 Å². The van der Waals surface area contributed by atoms with Crippen LogP contribution in [0.15, 0.2) is 84.9 Å². The van der Waals surface area contributed by atoms with Crippen LogP contribution < -0.4 is 0 Å². The Labute approximate surface area is 151 Å². The molecule has 0 spiro atoms. The number of allylic oxidation sites excluding steroid dienone is 1. The van der Waals surface area contributed by atoms with E-state index in [4.69, 9.17) is 11.6 Å². The fourth-order valence-corrected chi connectivity index (χ4v) is 3.22. The van der Waals surface area contributed by atoms with E-state index in [1.807, 2.05) is 30.3 Å². The zero-order valence-electron chi connectivity index (χ0n) is 13.4. The highest BCUT2D eigenvalue weighted by molar-refractivity contribution is 6.30. The van der Waals surface area contributed by atoms with Gasteiger partial charge in [-0.25, -0.2) is 0 Å². The number of rotatable bonds is 3. The molecule has 25 heavy (non-hydrogen) atoms. The number of halogens is 1. The van der Waals surface area contributed by atoms with Gasteiger partial charge in [0.1, 0.15) is 0 Å². The molecule has 0 bridgehead atoms. The van der Waals surface area contributed by atoms with Gasteiger partial charge in [-0.2, -0.15) is 0 Å². The maximum Gasteiger partial charge on any atom is 0.185 e. The quantitative estimate of drug-likeness (QED) is 0.234. The van der Waals surface area contributed by atoms with Crippen LogP contribution in [-0.4, -0.2) is 5.78 Å². The van der Waals surface area contributed by atoms with Crippen LogP contribution in [0.1, 0.15) is 15.9 Å². The Morgan fingerprint density at radius 2 is 1.32 bits per heavy atom. The van der Waals surface area contributed by atoms with E-state index >= 15 is 0 Å². The molecule has 0 aliphatic heterocycles. The van der Waals surface area contributed by atoms with Crippen LogP contribution in [0.4, 0.5) is 0 Å². The molecule has 0 atom stereocenters. The maximum absolute atomic E-state index is 12.5. The fourth-order valence-electron chi connectivity index (χ4n) is 3.10. The first-order valence-electron chi connectivity index (χ1n) is 8.11. The van der Waals surface area contributed by atoms with Crippen LogP contribution in [0.3, 0.4) is 0 Å². The average molecular weight is 343 g/mol. The third-order valence-corrected chi connectivity index (χ3v) is 4.60. The lowest BCUT2D eigenvalue weighted by molar-refractivity contribution is 0.104. The van der Waals surface area contributed by atoms with Gasteiger partial charge in [0.25, 0.3) is 0 Å². The average Bonchev–Trinajstić information content (AvgIpc) is 2.65. The van der Waals surface area contributed by atoms with E-state index in [-0.39, 0.29) is 5.78 Å². The monoisotopic (exact) mass is 342 g/mol. The van der Waals surface area contributed by atoms with Gasteiger partial charge >= 0.3 is 0 Å². The van der Waals surface area contributed by atoms with Crippen molar-refractivity contribution in [2.24, 2.45) is 0 Å². The molecule has 0 saturated heterocycles. The molecule has 1 nitrogen and oxygen atoms in total. The van der Waals surface area contributed by atoms with Crippen LogP contribution in [0.5, 0.6) is 0 Å². The Morgan fingerprint density at radius 3 is 1.92 bits per heavy atom. The Hall–Kier alpha value is -2.90. The summed E-state index contributed by atoms with van der Waals surface area (Å²) in [5.74, 6) is -0.0336. The second kappa shape index (κ2) is 6.54. The maximum atomic E-state index is 12.5. The topological polar surface area (TPSA) is 17.1 Å². The number of benzene rings is 4. The van der Waals surface area contributed by atoms with Crippen LogP contribution in [0, 0.1) is 0 Å². The summed E-state index contributed by atoms with van der Waals surface area (Å²) in [6.07, 6.45) is 3.55. The van der Waals surface area contributed by atoms with Crippen molar-refractivity contribution in [2.75, 3.05) is 0 Å². The Bertz CT molecular complexity index is 1050. The third-order valence-electron chi connectivity index (χ3n) is 4.34. The Balaban J connectivity index is 1.84. The number of ketones is 1. The number of hydrogen-bond donors (Lipinski definition) is 0. The fraction of sp³-hybridized carbons (Fsp3) is 0. The molecular formula is C23H15ClO. The highest BCUT2D eigenvalue weighted by Crippen LogP contribution is 2.29. The van der Waals surface area contributed by atoms with Gasteiger partial charge in [0, 0.05) is 10.6 Å². The van der Waals surface area contributed by atoms with Gasteiger partial charge < -0.3 is 0 Å². The summed E-state index contributed by atoms with van der Waals surface area (Å²) in [6.45, 7) is 0. The molecule has 2 heteroatoms. The Morgan fingerprint density at radius 1 is 0.760 bits per heavy atom. The molecule has 0 saturated carbocycles. The zero-order chi connectivity index (χ0) is 17.2. The number of fused-ring (bicyclic) bond motifs is 2. The van der Waals surface area contributed by atoms with Crippen LogP contribution in [-0.2, 0) is 0 Å². The first-order chi connectivity index (χ1) is 12.2. The predicted octanol–water partition coefficient (Wildman–Crippen LogP) is 6.54. The predicted molar refractivity (Wildman–Crippen MR) is 106 cm³/mol. The van der Waals surface area contributed by atoms with E-state index in [1.165, 1.54) is 10.8 Å². The molecule has 120 valence electrons. The Kier molecular flexibility index (Phi) is 4.09. The van der Waals surface area contributed by atoms with Crippen molar-refractivity contribution in [3.63, 3.8) is 0 Å². The summed E-state index contributed by atoms with van der Waals surface area (Å²) in [7, 11) is 0. The SMILES string of the molecule is O=C(/C=C/c1c2ccccc2cc2ccccc12)c1ccc(Cl)cc1. The van der Waals surface area contributed by atoms with Gasteiger partial charge in [0.05, 0.1) is 0 Å². The normalized spacial score (nSPS) is 11.4. The second-order valence-electron chi connectivity index (χ2n) is 5.94. The highest BCUT2D eigenvalue weighted by Gasteiger charge is 2.06. The van der Waals surface area contributed by atoms with E-state index in [0.717, 1.165) is 16.3 Å².